The molecule has 1 aliphatic rings. The van der Waals surface area contributed by atoms with Gasteiger partial charge in [-0.3, -0.25) is 4.79 Å². The second-order valence-corrected chi connectivity index (χ2v) is 4.66. The topological polar surface area (TPSA) is 71.3 Å². The maximum absolute atomic E-state index is 11.9. The molecule has 0 saturated carbocycles. The van der Waals surface area contributed by atoms with Gasteiger partial charge < -0.3 is 14.8 Å². The van der Waals surface area contributed by atoms with Gasteiger partial charge in [-0.2, -0.15) is 5.26 Å². The normalized spacial score (nSPS) is 17.4. The van der Waals surface area contributed by atoms with Gasteiger partial charge in [-0.1, -0.05) is 12.1 Å². The first kappa shape index (κ1) is 14.4. The first-order valence-electron chi connectivity index (χ1n) is 6.80. The number of carbonyl (C=O) groups excluding carboxylic acids is 1. The molecule has 5 nitrogen and oxygen atoms in total. The van der Waals surface area contributed by atoms with Crippen molar-refractivity contribution in [1.29, 1.82) is 5.26 Å². The Morgan fingerprint density at radius 3 is 3.10 bits per heavy atom. The summed E-state index contributed by atoms with van der Waals surface area (Å²) in [5.41, 5.74) is 0.597. The molecule has 1 unspecified atom stereocenters. The number of benzene rings is 1. The van der Waals surface area contributed by atoms with Crippen molar-refractivity contribution in [2.45, 2.75) is 31.8 Å². The highest BCUT2D eigenvalue weighted by molar-refractivity contribution is 5.92. The molecule has 2 rings (SSSR count). The van der Waals surface area contributed by atoms with E-state index < -0.39 is 0 Å². The number of nitriles is 1. The van der Waals surface area contributed by atoms with E-state index in [9.17, 15) is 4.79 Å². The maximum atomic E-state index is 11.9. The van der Waals surface area contributed by atoms with E-state index >= 15 is 0 Å². The van der Waals surface area contributed by atoms with E-state index in [0.29, 0.717) is 17.9 Å². The fourth-order valence-electron chi connectivity index (χ4n) is 2.18. The van der Waals surface area contributed by atoms with Crippen molar-refractivity contribution in [3.63, 3.8) is 0 Å². The largest absolute Gasteiger partial charge is 0.477 e. The summed E-state index contributed by atoms with van der Waals surface area (Å²) < 4.78 is 10.8. The van der Waals surface area contributed by atoms with Gasteiger partial charge in [0, 0.05) is 13.0 Å². The number of nitrogens with one attached hydrogen (secondary N) is 1. The van der Waals surface area contributed by atoms with E-state index in [1.54, 1.807) is 18.2 Å². The van der Waals surface area contributed by atoms with E-state index in [0.717, 1.165) is 25.9 Å². The number of rotatable bonds is 6. The molecular weight excluding hydrogens is 256 g/mol. The molecular formula is C15H18N2O3. The van der Waals surface area contributed by atoms with Crippen molar-refractivity contribution in [1.82, 2.24) is 0 Å². The Morgan fingerprint density at radius 1 is 1.50 bits per heavy atom. The summed E-state index contributed by atoms with van der Waals surface area (Å²) in [5, 5.41) is 11.3. The minimum absolute atomic E-state index is 0.0389. The molecule has 0 radical (unpaired) electrons. The van der Waals surface area contributed by atoms with Crippen molar-refractivity contribution < 1.29 is 14.3 Å². The fourth-order valence-corrected chi connectivity index (χ4v) is 2.18. The smallest absolute Gasteiger partial charge is 0.224 e. The lowest BCUT2D eigenvalue weighted by molar-refractivity contribution is -0.116. The third-order valence-corrected chi connectivity index (χ3v) is 3.17. The Balaban J connectivity index is 1.85. The number of ether oxygens (including phenoxy) is 2. The standard InChI is InChI=1S/C15H18N2O3/c16-9-11-20-14-6-2-1-5-13(14)17-15(18)8-7-12-4-3-10-19-12/h1-2,5-6,12H,3-4,7-8,10-11H2,(H,17,18). The Morgan fingerprint density at radius 2 is 2.35 bits per heavy atom. The molecule has 0 aliphatic carbocycles. The predicted molar refractivity (Wildman–Crippen MR) is 74.4 cm³/mol. The molecule has 1 atom stereocenters. The van der Waals surface area contributed by atoms with Crippen LogP contribution in [0.15, 0.2) is 24.3 Å². The van der Waals surface area contributed by atoms with E-state index in [4.69, 9.17) is 14.7 Å². The van der Waals surface area contributed by atoms with Crippen LogP contribution in [0.3, 0.4) is 0 Å². The van der Waals surface area contributed by atoms with Crippen LogP contribution in [0.1, 0.15) is 25.7 Å². The van der Waals surface area contributed by atoms with Crippen molar-refractivity contribution >= 4 is 11.6 Å². The SMILES string of the molecule is N#CCOc1ccccc1NC(=O)CCC1CCCO1. The van der Waals surface area contributed by atoms with Gasteiger partial charge in [-0.25, -0.2) is 0 Å². The number of carbonyl (C=O) groups is 1. The number of nitrogens with zero attached hydrogens (tertiary/aromatic N) is 1. The van der Waals surface area contributed by atoms with Gasteiger partial charge >= 0.3 is 0 Å². The Bertz CT molecular complexity index is 490. The Hall–Kier alpha value is -2.06. The zero-order chi connectivity index (χ0) is 14.2. The summed E-state index contributed by atoms with van der Waals surface area (Å²) in [6, 6.07) is 9.01. The first-order chi connectivity index (χ1) is 9.79. The van der Waals surface area contributed by atoms with Crippen LogP contribution < -0.4 is 10.1 Å². The lowest BCUT2D eigenvalue weighted by Crippen LogP contribution is -2.15. The molecule has 5 heteroatoms. The predicted octanol–water partition coefficient (Wildman–Crippen LogP) is 2.49. The lowest BCUT2D eigenvalue weighted by Gasteiger charge is -2.12. The van der Waals surface area contributed by atoms with Gasteiger partial charge in [-0.05, 0) is 31.4 Å². The minimum atomic E-state index is -0.0616. The molecule has 20 heavy (non-hydrogen) atoms. The molecule has 106 valence electrons. The van der Waals surface area contributed by atoms with Gasteiger partial charge in [-0.15, -0.1) is 0 Å². The fraction of sp³-hybridized carbons (Fsp3) is 0.467. The average molecular weight is 274 g/mol. The van der Waals surface area contributed by atoms with Crippen LogP contribution in [-0.4, -0.2) is 25.2 Å². The van der Waals surface area contributed by atoms with Gasteiger partial charge in [0.05, 0.1) is 11.8 Å². The zero-order valence-corrected chi connectivity index (χ0v) is 11.3. The second kappa shape index (κ2) is 7.51. The monoisotopic (exact) mass is 274 g/mol. The number of hydrogen-bond acceptors (Lipinski definition) is 4. The van der Waals surface area contributed by atoms with Crippen molar-refractivity contribution in [3.8, 4) is 11.8 Å². The van der Waals surface area contributed by atoms with Crippen molar-refractivity contribution in [3.05, 3.63) is 24.3 Å². The second-order valence-electron chi connectivity index (χ2n) is 4.66. The molecule has 0 bridgehead atoms. The highest BCUT2D eigenvalue weighted by atomic mass is 16.5. The van der Waals surface area contributed by atoms with Gasteiger partial charge in [0.15, 0.2) is 6.61 Å². The number of anilines is 1. The summed E-state index contributed by atoms with van der Waals surface area (Å²) in [6.07, 6.45) is 3.50. The number of amides is 1. The summed E-state index contributed by atoms with van der Waals surface area (Å²) in [7, 11) is 0. The molecule has 1 fully saturated rings. The van der Waals surface area contributed by atoms with Crippen molar-refractivity contribution in [2.24, 2.45) is 0 Å². The highest BCUT2D eigenvalue weighted by Gasteiger charge is 2.17. The van der Waals surface area contributed by atoms with Gasteiger partial charge in [0.1, 0.15) is 11.8 Å². The molecule has 0 aromatic heterocycles. The quantitative estimate of drug-likeness (QED) is 0.865. The summed E-state index contributed by atoms with van der Waals surface area (Å²) in [6.45, 7) is 0.764. The third kappa shape index (κ3) is 4.25. The molecule has 1 saturated heterocycles. The lowest BCUT2D eigenvalue weighted by atomic mass is 10.1. The zero-order valence-electron chi connectivity index (χ0n) is 11.3. The molecule has 1 aromatic carbocycles. The van der Waals surface area contributed by atoms with Crippen LogP contribution in [0.25, 0.3) is 0 Å². The third-order valence-electron chi connectivity index (χ3n) is 3.17. The minimum Gasteiger partial charge on any atom is -0.477 e. The average Bonchev–Trinajstić information content (AvgIpc) is 2.97. The molecule has 0 spiro atoms. The van der Waals surface area contributed by atoms with E-state index in [1.807, 2.05) is 12.1 Å². The Labute approximate surface area is 118 Å². The van der Waals surface area contributed by atoms with Gasteiger partial charge in [0.2, 0.25) is 5.91 Å². The van der Waals surface area contributed by atoms with Gasteiger partial charge in [0.25, 0.3) is 0 Å². The van der Waals surface area contributed by atoms with E-state index in [2.05, 4.69) is 5.32 Å². The van der Waals surface area contributed by atoms with Crippen LogP contribution in [0.4, 0.5) is 5.69 Å². The Kier molecular flexibility index (Phi) is 5.39. The molecule has 1 N–H and O–H groups in total. The summed E-state index contributed by atoms with van der Waals surface area (Å²) in [5.74, 6) is 0.452. The molecule has 1 heterocycles. The molecule has 1 amide bonds. The molecule has 1 aromatic rings. The number of hydrogen-bond donors (Lipinski definition) is 1. The van der Waals surface area contributed by atoms with Crippen LogP contribution >= 0.6 is 0 Å². The maximum Gasteiger partial charge on any atom is 0.224 e. The van der Waals surface area contributed by atoms with Crippen LogP contribution in [-0.2, 0) is 9.53 Å². The first-order valence-corrected chi connectivity index (χ1v) is 6.80. The summed E-state index contributed by atoms with van der Waals surface area (Å²) >= 11 is 0. The van der Waals surface area contributed by atoms with Crippen molar-refractivity contribution in [2.75, 3.05) is 18.5 Å². The molecule has 1 aliphatic heterocycles. The van der Waals surface area contributed by atoms with Crippen LogP contribution in [0, 0.1) is 11.3 Å². The van der Waals surface area contributed by atoms with Crippen LogP contribution in [0.5, 0.6) is 5.75 Å². The highest BCUT2D eigenvalue weighted by Crippen LogP contribution is 2.24. The summed E-state index contributed by atoms with van der Waals surface area (Å²) in [4.78, 5) is 11.9. The van der Waals surface area contributed by atoms with E-state index in [-0.39, 0.29) is 18.6 Å². The van der Waals surface area contributed by atoms with E-state index in [1.165, 1.54) is 0 Å². The van der Waals surface area contributed by atoms with Crippen LogP contribution in [0.2, 0.25) is 0 Å². The number of para-hydroxylation sites is 2.